The topological polar surface area (TPSA) is 154 Å². The number of anilines is 1. The van der Waals surface area contributed by atoms with Crippen LogP contribution in [0.3, 0.4) is 0 Å². The van der Waals surface area contributed by atoms with Gasteiger partial charge >= 0.3 is 11.9 Å². The van der Waals surface area contributed by atoms with Gasteiger partial charge in [0.1, 0.15) is 6.10 Å². The number of aliphatic hydroxyl groups excluding tert-OH is 2. The molecule has 2 unspecified atom stereocenters. The highest BCUT2D eigenvalue weighted by molar-refractivity contribution is 5.91. The highest BCUT2D eigenvalue weighted by Crippen LogP contribution is 2.20. The lowest BCUT2D eigenvalue weighted by Gasteiger charge is -2.14. The Hall–Kier alpha value is -2.19. The quantitative estimate of drug-likeness (QED) is 0.443. The van der Waals surface area contributed by atoms with Crippen LogP contribution in [0.1, 0.15) is 22.2 Å². The summed E-state index contributed by atoms with van der Waals surface area (Å²) in [5.74, 6) is -2.96. The Morgan fingerprint density at radius 1 is 1.29 bits per heavy atom. The van der Waals surface area contributed by atoms with E-state index in [9.17, 15) is 14.7 Å². The van der Waals surface area contributed by atoms with Gasteiger partial charge in [-0.25, -0.2) is 14.6 Å². The summed E-state index contributed by atoms with van der Waals surface area (Å²) in [6.45, 7) is 0. The van der Waals surface area contributed by atoms with Gasteiger partial charge < -0.3 is 26.2 Å². The molecule has 0 amide bonds. The molecule has 0 spiro atoms. The Balaban J connectivity index is 3.05. The first kappa shape index (κ1) is 12.9. The number of carboxylic acid groups (broad SMARTS) is 2. The molecule has 8 nitrogen and oxygen atoms in total. The first-order valence-electron chi connectivity index (χ1n) is 4.42. The van der Waals surface area contributed by atoms with Crippen molar-refractivity contribution in [1.29, 1.82) is 0 Å². The predicted molar refractivity (Wildman–Crippen MR) is 54.2 cm³/mol. The van der Waals surface area contributed by atoms with Crippen LogP contribution >= 0.6 is 0 Å². The average Bonchev–Trinajstić information content (AvgIpc) is 2.26. The predicted octanol–water partition coefficient (Wildman–Crippen LogP) is -1.16. The van der Waals surface area contributed by atoms with Gasteiger partial charge in [0.15, 0.2) is 11.8 Å². The SMILES string of the molecule is Nc1cc(C(O)C(O)C(=O)O)cnc1C(=O)O. The third-order valence-electron chi connectivity index (χ3n) is 2.03. The first-order valence-corrected chi connectivity index (χ1v) is 4.42. The van der Waals surface area contributed by atoms with Gasteiger partial charge in [0, 0.05) is 11.8 Å². The maximum Gasteiger partial charge on any atom is 0.356 e. The fourth-order valence-corrected chi connectivity index (χ4v) is 1.16. The molecule has 1 rings (SSSR count). The number of nitrogens with two attached hydrogens (primary N) is 1. The molecule has 92 valence electrons. The van der Waals surface area contributed by atoms with Crippen LogP contribution in [0.4, 0.5) is 5.69 Å². The molecule has 0 radical (unpaired) electrons. The largest absolute Gasteiger partial charge is 0.479 e. The van der Waals surface area contributed by atoms with Crippen LogP contribution in [0.2, 0.25) is 0 Å². The summed E-state index contributed by atoms with van der Waals surface area (Å²) in [7, 11) is 0. The van der Waals surface area contributed by atoms with E-state index in [1.165, 1.54) is 0 Å². The maximum absolute atomic E-state index is 10.6. The molecule has 0 aliphatic heterocycles. The Bertz CT molecular complexity index is 461. The molecule has 0 aromatic carbocycles. The number of pyridine rings is 1. The molecule has 0 bridgehead atoms. The zero-order valence-corrected chi connectivity index (χ0v) is 8.44. The van der Waals surface area contributed by atoms with Gasteiger partial charge in [-0.15, -0.1) is 0 Å². The molecule has 0 saturated carbocycles. The Morgan fingerprint density at radius 3 is 2.29 bits per heavy atom. The van der Waals surface area contributed by atoms with Crippen LogP contribution in [0.5, 0.6) is 0 Å². The lowest BCUT2D eigenvalue weighted by Crippen LogP contribution is -2.27. The Kier molecular flexibility index (Phi) is 3.61. The number of rotatable bonds is 4. The third-order valence-corrected chi connectivity index (χ3v) is 2.03. The molecule has 8 heteroatoms. The molecular weight excluding hydrogens is 232 g/mol. The van der Waals surface area contributed by atoms with Crippen molar-refractivity contribution in [1.82, 2.24) is 4.98 Å². The molecule has 0 aliphatic rings. The zero-order chi connectivity index (χ0) is 13.2. The van der Waals surface area contributed by atoms with Crippen LogP contribution < -0.4 is 5.73 Å². The molecule has 0 saturated heterocycles. The van der Waals surface area contributed by atoms with E-state index in [0.717, 1.165) is 12.3 Å². The number of nitrogens with zero attached hydrogens (tertiary/aromatic N) is 1. The van der Waals surface area contributed by atoms with E-state index in [2.05, 4.69) is 4.98 Å². The van der Waals surface area contributed by atoms with Crippen molar-refractivity contribution in [3.63, 3.8) is 0 Å². The van der Waals surface area contributed by atoms with Crippen molar-refractivity contribution in [2.24, 2.45) is 0 Å². The molecule has 0 fully saturated rings. The number of aliphatic carboxylic acids is 1. The lowest BCUT2D eigenvalue weighted by atomic mass is 10.1. The second kappa shape index (κ2) is 4.76. The molecule has 6 N–H and O–H groups in total. The summed E-state index contributed by atoms with van der Waals surface area (Å²) in [6.07, 6.45) is -2.83. The van der Waals surface area contributed by atoms with Gasteiger partial charge in [0.2, 0.25) is 0 Å². The van der Waals surface area contributed by atoms with Crippen LogP contribution in [-0.4, -0.2) is 43.5 Å². The van der Waals surface area contributed by atoms with Gasteiger partial charge in [-0.2, -0.15) is 0 Å². The minimum atomic E-state index is -2.04. The number of aromatic carboxylic acids is 1. The highest BCUT2D eigenvalue weighted by atomic mass is 16.4. The van der Waals surface area contributed by atoms with Crippen molar-refractivity contribution in [2.45, 2.75) is 12.2 Å². The van der Waals surface area contributed by atoms with Crippen molar-refractivity contribution in [3.8, 4) is 0 Å². The molecule has 0 aliphatic carbocycles. The minimum absolute atomic E-state index is 0.0811. The normalized spacial score (nSPS) is 14.0. The smallest absolute Gasteiger partial charge is 0.356 e. The highest BCUT2D eigenvalue weighted by Gasteiger charge is 2.26. The Labute approximate surface area is 95.0 Å². The van der Waals surface area contributed by atoms with Gasteiger partial charge in [-0.05, 0) is 6.07 Å². The van der Waals surface area contributed by atoms with E-state index in [-0.39, 0.29) is 11.3 Å². The van der Waals surface area contributed by atoms with Crippen LogP contribution in [0.25, 0.3) is 0 Å². The van der Waals surface area contributed by atoms with Crippen molar-refractivity contribution in [2.75, 3.05) is 5.73 Å². The lowest BCUT2D eigenvalue weighted by molar-refractivity contribution is -0.153. The minimum Gasteiger partial charge on any atom is -0.479 e. The van der Waals surface area contributed by atoms with Crippen molar-refractivity contribution in [3.05, 3.63) is 23.5 Å². The Morgan fingerprint density at radius 2 is 1.88 bits per heavy atom. The summed E-state index contributed by atoms with van der Waals surface area (Å²) in [4.78, 5) is 24.5. The maximum atomic E-state index is 10.6. The molecule has 1 aromatic rings. The second-order valence-corrected chi connectivity index (χ2v) is 3.24. The molecular formula is C9H10N2O6. The number of aromatic nitrogens is 1. The number of carbonyl (C=O) groups is 2. The summed E-state index contributed by atoms with van der Waals surface area (Å²) in [6, 6.07) is 1.05. The summed E-state index contributed by atoms with van der Waals surface area (Å²) >= 11 is 0. The summed E-state index contributed by atoms with van der Waals surface area (Å²) in [5.41, 5.74) is 4.63. The molecule has 1 heterocycles. The van der Waals surface area contributed by atoms with Gasteiger partial charge in [0.25, 0.3) is 0 Å². The fourth-order valence-electron chi connectivity index (χ4n) is 1.16. The molecule has 2 atom stereocenters. The second-order valence-electron chi connectivity index (χ2n) is 3.24. The van der Waals surface area contributed by atoms with Gasteiger partial charge in [-0.3, -0.25) is 0 Å². The third kappa shape index (κ3) is 2.68. The fraction of sp³-hybridized carbons (Fsp3) is 0.222. The first-order chi connectivity index (χ1) is 7.84. The van der Waals surface area contributed by atoms with Gasteiger partial charge in [0.05, 0.1) is 5.69 Å². The van der Waals surface area contributed by atoms with Crippen molar-refractivity contribution < 1.29 is 30.0 Å². The summed E-state index contributed by atoms with van der Waals surface area (Å²) in [5, 5.41) is 35.6. The van der Waals surface area contributed by atoms with Crippen LogP contribution in [0, 0.1) is 0 Å². The zero-order valence-electron chi connectivity index (χ0n) is 8.44. The van der Waals surface area contributed by atoms with E-state index < -0.39 is 29.8 Å². The van der Waals surface area contributed by atoms with E-state index in [0.29, 0.717) is 0 Å². The summed E-state index contributed by atoms with van der Waals surface area (Å²) < 4.78 is 0. The standard InChI is InChI=1S/C9H10N2O6/c10-4-1-3(2-11-5(4)8(14)15)6(12)7(13)9(16)17/h1-2,6-7,12-13H,10H2,(H,14,15)(H,16,17). The number of carboxylic acids is 2. The van der Waals surface area contributed by atoms with Crippen molar-refractivity contribution >= 4 is 17.6 Å². The van der Waals surface area contributed by atoms with Crippen LogP contribution in [-0.2, 0) is 4.79 Å². The number of aliphatic hydroxyl groups is 2. The monoisotopic (exact) mass is 242 g/mol. The average molecular weight is 242 g/mol. The molecule has 17 heavy (non-hydrogen) atoms. The number of nitrogen functional groups attached to an aromatic ring is 1. The molecule has 1 aromatic heterocycles. The number of hydrogen-bond donors (Lipinski definition) is 5. The van der Waals surface area contributed by atoms with E-state index in [1.807, 2.05) is 0 Å². The van der Waals surface area contributed by atoms with E-state index >= 15 is 0 Å². The van der Waals surface area contributed by atoms with Crippen LogP contribution in [0.15, 0.2) is 12.3 Å². The van der Waals surface area contributed by atoms with E-state index in [1.54, 1.807) is 0 Å². The number of hydrogen-bond acceptors (Lipinski definition) is 6. The van der Waals surface area contributed by atoms with Gasteiger partial charge in [-0.1, -0.05) is 0 Å². The van der Waals surface area contributed by atoms with E-state index in [4.69, 9.17) is 21.1 Å².